The lowest BCUT2D eigenvalue weighted by Crippen LogP contribution is -1.94. The molecule has 1 aromatic heterocycles. The lowest BCUT2D eigenvalue weighted by molar-refractivity contribution is 0.560. The van der Waals surface area contributed by atoms with Crippen molar-refractivity contribution in [3.8, 4) is 0 Å². The van der Waals surface area contributed by atoms with Crippen molar-refractivity contribution >= 4 is 11.0 Å². The van der Waals surface area contributed by atoms with Gasteiger partial charge >= 0.3 is 5.63 Å². The lowest BCUT2D eigenvalue weighted by Gasteiger charge is -2.01. The first-order chi connectivity index (χ1) is 6.16. The Morgan fingerprint density at radius 1 is 1.08 bits per heavy atom. The lowest BCUT2D eigenvalue weighted by atomic mass is 10.1. The third-order valence-electron chi connectivity index (χ3n) is 2.24. The van der Waals surface area contributed by atoms with Gasteiger partial charge in [0.2, 0.25) is 0 Å². The van der Waals surface area contributed by atoms with Gasteiger partial charge in [0.1, 0.15) is 5.58 Å². The molecule has 0 fully saturated rings. The molecule has 1 heterocycles. The minimum absolute atomic E-state index is 0.296. The summed E-state index contributed by atoms with van der Waals surface area (Å²) >= 11 is 0. The van der Waals surface area contributed by atoms with E-state index in [2.05, 4.69) is 0 Å². The Labute approximate surface area is 75.8 Å². The van der Waals surface area contributed by atoms with Crippen LogP contribution in [0.15, 0.2) is 33.5 Å². The van der Waals surface area contributed by atoms with Gasteiger partial charge in [0.15, 0.2) is 0 Å². The van der Waals surface area contributed by atoms with Crippen LogP contribution in [-0.2, 0) is 0 Å². The van der Waals surface area contributed by atoms with Crippen molar-refractivity contribution in [1.29, 1.82) is 0 Å². The molecule has 2 aromatic rings. The molecule has 0 bridgehead atoms. The van der Waals surface area contributed by atoms with Gasteiger partial charge in [-0.15, -0.1) is 0 Å². The van der Waals surface area contributed by atoms with Gasteiger partial charge in [-0.25, -0.2) is 4.79 Å². The van der Waals surface area contributed by atoms with Crippen LogP contribution < -0.4 is 5.63 Å². The van der Waals surface area contributed by atoms with Gasteiger partial charge in [-0.1, -0.05) is 0 Å². The summed E-state index contributed by atoms with van der Waals surface area (Å²) in [5.74, 6) is 0. The molecule has 0 saturated heterocycles. The highest BCUT2D eigenvalue weighted by Gasteiger charge is 1.99. The summed E-state index contributed by atoms with van der Waals surface area (Å²) in [5, 5.41) is 0.975. The molecule has 0 atom stereocenters. The normalized spacial score (nSPS) is 10.6. The molecule has 13 heavy (non-hydrogen) atoms. The molecule has 0 amide bonds. The highest BCUT2D eigenvalue weighted by molar-refractivity contribution is 5.78. The standard InChI is InChI=1S/C11H10O2/c1-7-5-9-3-4-11(12)13-10(9)6-8(7)2/h3-6H,1-2H3. The second kappa shape index (κ2) is 2.73. The number of hydrogen-bond acceptors (Lipinski definition) is 2. The average molecular weight is 174 g/mol. The van der Waals surface area contributed by atoms with Gasteiger partial charge in [0.05, 0.1) is 0 Å². The van der Waals surface area contributed by atoms with Crippen LogP contribution in [0.25, 0.3) is 11.0 Å². The van der Waals surface area contributed by atoms with Crippen molar-refractivity contribution in [3.63, 3.8) is 0 Å². The monoisotopic (exact) mass is 174 g/mol. The van der Waals surface area contributed by atoms with E-state index in [1.165, 1.54) is 11.6 Å². The smallest absolute Gasteiger partial charge is 0.336 e. The minimum atomic E-state index is -0.296. The average Bonchev–Trinajstić information content (AvgIpc) is 2.08. The predicted molar refractivity (Wildman–Crippen MR) is 52.0 cm³/mol. The summed E-state index contributed by atoms with van der Waals surface area (Å²) in [6.45, 7) is 4.04. The van der Waals surface area contributed by atoms with E-state index in [0.717, 1.165) is 10.9 Å². The summed E-state index contributed by atoms with van der Waals surface area (Å²) in [4.78, 5) is 10.9. The molecule has 2 nitrogen and oxygen atoms in total. The van der Waals surface area contributed by atoms with Crippen LogP contribution in [0.5, 0.6) is 0 Å². The number of fused-ring (bicyclic) bond motifs is 1. The van der Waals surface area contributed by atoms with Gasteiger partial charge < -0.3 is 4.42 Å². The zero-order chi connectivity index (χ0) is 9.42. The Hall–Kier alpha value is -1.57. The van der Waals surface area contributed by atoms with Crippen LogP contribution in [0.4, 0.5) is 0 Å². The Kier molecular flexibility index (Phi) is 1.69. The van der Waals surface area contributed by atoms with E-state index in [9.17, 15) is 4.79 Å². The van der Waals surface area contributed by atoms with E-state index in [-0.39, 0.29) is 5.63 Å². The van der Waals surface area contributed by atoms with Crippen LogP contribution in [0.3, 0.4) is 0 Å². The van der Waals surface area contributed by atoms with Crippen LogP contribution >= 0.6 is 0 Å². The minimum Gasteiger partial charge on any atom is -0.423 e. The quantitative estimate of drug-likeness (QED) is 0.574. The van der Waals surface area contributed by atoms with E-state index >= 15 is 0 Å². The molecule has 0 saturated carbocycles. The molecule has 66 valence electrons. The van der Waals surface area contributed by atoms with Crippen molar-refractivity contribution in [3.05, 3.63) is 45.8 Å². The van der Waals surface area contributed by atoms with E-state index in [1.54, 1.807) is 6.07 Å². The van der Waals surface area contributed by atoms with Crippen LogP contribution in [-0.4, -0.2) is 0 Å². The van der Waals surface area contributed by atoms with E-state index in [1.807, 2.05) is 26.0 Å². The van der Waals surface area contributed by atoms with Crippen molar-refractivity contribution in [2.24, 2.45) is 0 Å². The highest BCUT2D eigenvalue weighted by Crippen LogP contribution is 2.17. The number of aryl methyl sites for hydroxylation is 2. The maximum Gasteiger partial charge on any atom is 0.336 e. The van der Waals surface area contributed by atoms with Crippen molar-refractivity contribution in [2.75, 3.05) is 0 Å². The molecular weight excluding hydrogens is 164 g/mol. The van der Waals surface area contributed by atoms with Crippen LogP contribution in [0.1, 0.15) is 11.1 Å². The van der Waals surface area contributed by atoms with Crippen molar-refractivity contribution in [1.82, 2.24) is 0 Å². The Bertz CT molecular complexity index is 509. The molecule has 0 aliphatic rings. The zero-order valence-electron chi connectivity index (χ0n) is 7.63. The van der Waals surface area contributed by atoms with E-state index in [4.69, 9.17) is 4.42 Å². The molecule has 0 radical (unpaired) electrons. The third-order valence-corrected chi connectivity index (χ3v) is 2.24. The molecule has 0 aliphatic heterocycles. The SMILES string of the molecule is Cc1cc2ccc(=O)oc2cc1C. The number of benzene rings is 1. The molecule has 0 N–H and O–H groups in total. The van der Waals surface area contributed by atoms with Crippen molar-refractivity contribution in [2.45, 2.75) is 13.8 Å². The number of hydrogen-bond donors (Lipinski definition) is 0. The van der Waals surface area contributed by atoms with Crippen LogP contribution in [0, 0.1) is 13.8 Å². The predicted octanol–water partition coefficient (Wildman–Crippen LogP) is 2.41. The Morgan fingerprint density at radius 2 is 1.77 bits per heavy atom. The number of rotatable bonds is 0. The molecule has 0 aliphatic carbocycles. The first kappa shape index (κ1) is 8.05. The second-order valence-corrected chi connectivity index (χ2v) is 3.23. The zero-order valence-corrected chi connectivity index (χ0v) is 7.63. The van der Waals surface area contributed by atoms with Gasteiger partial charge in [0.25, 0.3) is 0 Å². The third kappa shape index (κ3) is 1.35. The Balaban J connectivity index is 2.89. The molecule has 0 spiro atoms. The van der Waals surface area contributed by atoms with E-state index < -0.39 is 0 Å². The van der Waals surface area contributed by atoms with Gasteiger partial charge in [0, 0.05) is 11.5 Å². The molecule has 2 heteroatoms. The van der Waals surface area contributed by atoms with Gasteiger partial charge in [-0.2, -0.15) is 0 Å². The van der Waals surface area contributed by atoms with Crippen molar-refractivity contribution < 1.29 is 4.42 Å². The maximum atomic E-state index is 10.9. The molecule has 1 aromatic carbocycles. The topological polar surface area (TPSA) is 30.2 Å². The second-order valence-electron chi connectivity index (χ2n) is 3.23. The summed E-state index contributed by atoms with van der Waals surface area (Å²) in [5.41, 5.74) is 2.72. The molecule has 0 unspecified atom stereocenters. The van der Waals surface area contributed by atoms with E-state index in [0.29, 0.717) is 5.58 Å². The fraction of sp³-hybridized carbons (Fsp3) is 0.182. The molecule has 2 rings (SSSR count). The van der Waals surface area contributed by atoms with Gasteiger partial charge in [-0.3, -0.25) is 0 Å². The fourth-order valence-electron chi connectivity index (χ4n) is 1.33. The fourth-order valence-corrected chi connectivity index (χ4v) is 1.33. The Morgan fingerprint density at radius 3 is 2.54 bits per heavy atom. The summed E-state index contributed by atoms with van der Waals surface area (Å²) in [6, 6.07) is 7.14. The summed E-state index contributed by atoms with van der Waals surface area (Å²) in [7, 11) is 0. The first-order valence-electron chi connectivity index (χ1n) is 4.18. The summed E-state index contributed by atoms with van der Waals surface area (Å²) < 4.78 is 5.04. The maximum absolute atomic E-state index is 10.9. The first-order valence-corrected chi connectivity index (χ1v) is 4.18. The largest absolute Gasteiger partial charge is 0.423 e. The molecular formula is C11H10O2. The highest BCUT2D eigenvalue weighted by atomic mass is 16.4. The van der Waals surface area contributed by atoms with Gasteiger partial charge in [-0.05, 0) is 43.2 Å². The van der Waals surface area contributed by atoms with Crippen LogP contribution in [0.2, 0.25) is 0 Å². The summed E-state index contributed by atoms with van der Waals surface area (Å²) in [6.07, 6.45) is 0.